The number of aliphatic imine (C=N–C) groups is 1. The van der Waals surface area contributed by atoms with Gasteiger partial charge in [0.15, 0.2) is 5.17 Å². The third-order valence-electron chi connectivity index (χ3n) is 4.10. The van der Waals surface area contributed by atoms with Crippen LogP contribution in [0.5, 0.6) is 0 Å². The molecule has 6 heteroatoms. The molecule has 2 aliphatic heterocycles. The summed E-state index contributed by atoms with van der Waals surface area (Å²) in [5.74, 6) is -0.354. The number of hydrogen-bond donors (Lipinski definition) is 0. The van der Waals surface area contributed by atoms with E-state index >= 15 is 0 Å². The average Bonchev–Trinajstić information content (AvgIpc) is 2.80. The molecule has 0 radical (unpaired) electrons. The Bertz CT molecular complexity index is 765. The van der Waals surface area contributed by atoms with E-state index < -0.39 is 0 Å². The summed E-state index contributed by atoms with van der Waals surface area (Å²) in [6.07, 6.45) is 0. The molecule has 1 atom stereocenters. The van der Waals surface area contributed by atoms with E-state index in [0.29, 0.717) is 16.3 Å². The standard InChI is InChI=1S/C17H17ClN2O2S/c1-9-14(16(21)22-4)15(12-5-7-13(18)8-6-12)20-10(2)11(3)23-17(20)19-9/h5-8,15H,1-4H3/t15-/m1/s1. The van der Waals surface area contributed by atoms with Crippen molar-refractivity contribution in [1.29, 1.82) is 0 Å². The number of halogens is 1. The fourth-order valence-corrected chi connectivity index (χ4v) is 3.98. The zero-order chi connectivity index (χ0) is 16.7. The van der Waals surface area contributed by atoms with Crippen molar-refractivity contribution in [3.63, 3.8) is 0 Å². The van der Waals surface area contributed by atoms with Crippen LogP contribution in [0.4, 0.5) is 0 Å². The summed E-state index contributed by atoms with van der Waals surface area (Å²) in [6, 6.07) is 7.30. The predicted octanol–water partition coefficient (Wildman–Crippen LogP) is 4.50. The van der Waals surface area contributed by atoms with E-state index in [0.717, 1.165) is 16.4 Å². The van der Waals surface area contributed by atoms with Gasteiger partial charge in [0.2, 0.25) is 0 Å². The van der Waals surface area contributed by atoms with Crippen molar-refractivity contribution in [2.75, 3.05) is 7.11 Å². The smallest absolute Gasteiger partial charge is 0.338 e. The van der Waals surface area contributed by atoms with E-state index in [2.05, 4.69) is 16.8 Å². The highest BCUT2D eigenvalue weighted by molar-refractivity contribution is 8.17. The van der Waals surface area contributed by atoms with Crippen LogP contribution in [0, 0.1) is 0 Å². The Labute approximate surface area is 144 Å². The van der Waals surface area contributed by atoms with Gasteiger partial charge in [0, 0.05) is 15.6 Å². The highest BCUT2D eigenvalue weighted by Crippen LogP contribution is 2.46. The molecule has 23 heavy (non-hydrogen) atoms. The topological polar surface area (TPSA) is 41.9 Å². The second-order valence-corrected chi connectivity index (χ2v) is 7.07. The van der Waals surface area contributed by atoms with E-state index in [4.69, 9.17) is 16.3 Å². The maximum Gasteiger partial charge on any atom is 0.338 e. The molecule has 2 aliphatic rings. The van der Waals surface area contributed by atoms with Crippen LogP contribution in [0.25, 0.3) is 0 Å². The fraction of sp³-hybridized carbons (Fsp3) is 0.294. The minimum Gasteiger partial charge on any atom is -0.466 e. The number of hydrogen-bond acceptors (Lipinski definition) is 5. The molecule has 0 spiro atoms. The monoisotopic (exact) mass is 348 g/mol. The van der Waals surface area contributed by atoms with Crippen LogP contribution in [-0.2, 0) is 9.53 Å². The molecule has 0 aliphatic carbocycles. The Balaban J connectivity index is 2.19. The van der Waals surface area contributed by atoms with Crippen molar-refractivity contribution >= 4 is 34.5 Å². The average molecular weight is 349 g/mol. The Morgan fingerprint density at radius 2 is 1.91 bits per heavy atom. The van der Waals surface area contributed by atoms with E-state index in [9.17, 15) is 4.79 Å². The van der Waals surface area contributed by atoms with Crippen molar-refractivity contribution in [3.8, 4) is 0 Å². The second kappa shape index (κ2) is 6.06. The normalized spacial score (nSPS) is 20.7. The largest absolute Gasteiger partial charge is 0.466 e. The summed E-state index contributed by atoms with van der Waals surface area (Å²) in [5.41, 5.74) is 3.34. The zero-order valence-corrected chi connectivity index (χ0v) is 15.0. The number of esters is 1. The third-order valence-corrected chi connectivity index (χ3v) is 5.42. The number of ether oxygens (including phenoxy) is 1. The number of rotatable bonds is 2. The minimum atomic E-state index is -0.354. The molecule has 0 amide bonds. The summed E-state index contributed by atoms with van der Waals surface area (Å²) >= 11 is 7.64. The van der Waals surface area contributed by atoms with Gasteiger partial charge in [-0.1, -0.05) is 35.5 Å². The van der Waals surface area contributed by atoms with E-state index in [-0.39, 0.29) is 12.0 Å². The maximum atomic E-state index is 12.4. The van der Waals surface area contributed by atoms with Gasteiger partial charge in [-0.15, -0.1) is 0 Å². The van der Waals surface area contributed by atoms with Gasteiger partial charge in [-0.3, -0.25) is 0 Å². The summed E-state index contributed by atoms with van der Waals surface area (Å²) in [5, 5.41) is 1.56. The number of methoxy groups -OCH3 is 1. The van der Waals surface area contributed by atoms with E-state index in [1.165, 1.54) is 12.0 Å². The first kappa shape index (κ1) is 16.1. The molecular formula is C17H17ClN2O2S. The van der Waals surface area contributed by atoms with E-state index in [1.54, 1.807) is 11.8 Å². The van der Waals surface area contributed by atoms with Crippen molar-refractivity contribution in [2.24, 2.45) is 4.99 Å². The number of benzene rings is 1. The van der Waals surface area contributed by atoms with Crippen LogP contribution >= 0.6 is 23.4 Å². The Morgan fingerprint density at radius 1 is 1.26 bits per heavy atom. The van der Waals surface area contributed by atoms with Gasteiger partial charge >= 0.3 is 5.97 Å². The summed E-state index contributed by atoms with van der Waals surface area (Å²) in [7, 11) is 1.40. The zero-order valence-electron chi connectivity index (χ0n) is 13.4. The predicted molar refractivity (Wildman–Crippen MR) is 94.1 cm³/mol. The van der Waals surface area contributed by atoms with Gasteiger partial charge in [0.1, 0.15) is 0 Å². The molecule has 3 rings (SSSR count). The SMILES string of the molecule is COC(=O)C1=C(C)N=C2SC(C)=C(C)N2[C@@H]1c1ccc(Cl)cc1. The highest BCUT2D eigenvalue weighted by atomic mass is 35.5. The molecular weight excluding hydrogens is 332 g/mol. The first-order valence-electron chi connectivity index (χ1n) is 7.22. The van der Waals surface area contributed by atoms with Crippen LogP contribution in [0.2, 0.25) is 5.02 Å². The molecule has 1 aromatic carbocycles. The summed E-state index contributed by atoms with van der Waals surface area (Å²) < 4.78 is 5.00. The molecule has 0 bridgehead atoms. The summed E-state index contributed by atoms with van der Waals surface area (Å²) in [4.78, 5) is 20.3. The molecule has 0 unspecified atom stereocenters. The lowest BCUT2D eigenvalue weighted by molar-refractivity contribution is -0.136. The fourth-order valence-electron chi connectivity index (χ4n) is 2.81. The number of nitrogens with zero attached hydrogens (tertiary/aromatic N) is 2. The molecule has 0 saturated carbocycles. The van der Waals surface area contributed by atoms with E-state index in [1.807, 2.05) is 38.1 Å². The van der Waals surface area contributed by atoms with Gasteiger partial charge in [-0.2, -0.15) is 0 Å². The Morgan fingerprint density at radius 3 is 2.52 bits per heavy atom. The number of carbonyl (C=O) groups excluding carboxylic acids is 1. The lowest BCUT2D eigenvalue weighted by Gasteiger charge is -2.35. The van der Waals surface area contributed by atoms with Gasteiger partial charge in [-0.05, 0) is 38.5 Å². The van der Waals surface area contributed by atoms with Gasteiger partial charge in [0.25, 0.3) is 0 Å². The molecule has 120 valence electrons. The molecule has 0 saturated heterocycles. The van der Waals surface area contributed by atoms with Crippen LogP contribution in [-0.4, -0.2) is 23.1 Å². The van der Waals surface area contributed by atoms with Crippen LogP contribution in [0.1, 0.15) is 32.4 Å². The molecule has 0 fully saturated rings. The van der Waals surface area contributed by atoms with Crippen molar-refractivity contribution in [2.45, 2.75) is 26.8 Å². The quantitative estimate of drug-likeness (QED) is 0.738. The minimum absolute atomic E-state index is 0.253. The van der Waals surface area contributed by atoms with Crippen molar-refractivity contribution in [3.05, 3.63) is 56.7 Å². The molecule has 2 heterocycles. The molecule has 4 nitrogen and oxygen atoms in total. The first-order chi connectivity index (χ1) is 10.9. The molecule has 0 N–H and O–H groups in total. The first-order valence-corrected chi connectivity index (χ1v) is 8.41. The molecule has 1 aromatic rings. The summed E-state index contributed by atoms with van der Waals surface area (Å²) in [6.45, 7) is 5.96. The second-order valence-electron chi connectivity index (χ2n) is 5.45. The van der Waals surface area contributed by atoms with Gasteiger partial charge < -0.3 is 9.64 Å². The maximum absolute atomic E-state index is 12.4. The van der Waals surface area contributed by atoms with Crippen molar-refractivity contribution < 1.29 is 9.53 Å². The highest BCUT2D eigenvalue weighted by Gasteiger charge is 2.40. The number of allylic oxidation sites excluding steroid dienone is 3. The number of amidine groups is 1. The molecule has 0 aromatic heterocycles. The van der Waals surface area contributed by atoms with Gasteiger partial charge in [0.05, 0.1) is 24.4 Å². The van der Waals surface area contributed by atoms with Crippen molar-refractivity contribution in [1.82, 2.24) is 4.90 Å². The van der Waals surface area contributed by atoms with Crippen LogP contribution in [0.3, 0.4) is 0 Å². The van der Waals surface area contributed by atoms with Crippen LogP contribution in [0.15, 0.2) is 51.1 Å². The Kier molecular flexibility index (Phi) is 4.25. The van der Waals surface area contributed by atoms with Gasteiger partial charge in [-0.25, -0.2) is 9.79 Å². The lowest BCUT2D eigenvalue weighted by atomic mass is 9.94. The third kappa shape index (κ3) is 2.68. The number of thioether (sulfide) groups is 1. The lowest BCUT2D eigenvalue weighted by Crippen LogP contribution is -2.35. The van der Waals surface area contributed by atoms with Crippen LogP contribution < -0.4 is 0 Å². The number of carbonyl (C=O) groups is 1. The Hall–Kier alpha value is -1.72. The number of fused-ring (bicyclic) bond motifs is 1.